The van der Waals surface area contributed by atoms with Gasteiger partial charge in [0.2, 0.25) is 5.91 Å². The standard InChI is InChI=1S/C17H23N5O3S/c1-2-13-12-26-16(20-13)3-4-18-15(23)11-22-17(24)9-14(10-19-22)21-5-7-25-8-6-21/h9-10,12H,2-8,11H2,1H3,(H,18,23). The van der Waals surface area contributed by atoms with Crippen molar-refractivity contribution in [3.8, 4) is 0 Å². The second kappa shape index (κ2) is 8.91. The van der Waals surface area contributed by atoms with Gasteiger partial charge in [0.1, 0.15) is 6.54 Å². The fourth-order valence-electron chi connectivity index (χ4n) is 2.66. The molecule has 0 spiro atoms. The smallest absolute Gasteiger partial charge is 0.269 e. The predicted molar refractivity (Wildman–Crippen MR) is 99.7 cm³/mol. The molecule has 0 atom stereocenters. The molecule has 1 N–H and O–H groups in total. The highest BCUT2D eigenvalue weighted by Gasteiger charge is 2.13. The lowest BCUT2D eigenvalue weighted by atomic mass is 10.3. The Morgan fingerprint density at radius 2 is 2.19 bits per heavy atom. The third kappa shape index (κ3) is 4.89. The maximum absolute atomic E-state index is 12.2. The Labute approximate surface area is 155 Å². The number of nitrogens with zero attached hydrogens (tertiary/aromatic N) is 4. The van der Waals surface area contributed by atoms with Crippen molar-refractivity contribution in [3.63, 3.8) is 0 Å². The molecule has 0 aliphatic carbocycles. The number of hydrogen-bond donors (Lipinski definition) is 1. The summed E-state index contributed by atoms with van der Waals surface area (Å²) in [4.78, 5) is 30.8. The predicted octanol–water partition coefficient (Wildman–Crippen LogP) is 0.458. The van der Waals surface area contributed by atoms with E-state index in [4.69, 9.17) is 4.74 Å². The monoisotopic (exact) mass is 377 g/mol. The molecule has 9 heteroatoms. The van der Waals surface area contributed by atoms with E-state index in [2.05, 4.69) is 27.2 Å². The number of aromatic nitrogens is 3. The number of hydrogen-bond acceptors (Lipinski definition) is 7. The molecule has 2 aromatic heterocycles. The van der Waals surface area contributed by atoms with Crippen LogP contribution < -0.4 is 15.8 Å². The number of amides is 1. The number of thiazole rings is 1. The third-order valence-corrected chi connectivity index (χ3v) is 5.10. The number of ether oxygens (including phenoxy) is 1. The van der Waals surface area contributed by atoms with Crippen LogP contribution in [0.3, 0.4) is 0 Å². The highest BCUT2D eigenvalue weighted by molar-refractivity contribution is 7.09. The van der Waals surface area contributed by atoms with Gasteiger partial charge in [-0.2, -0.15) is 5.10 Å². The average Bonchev–Trinajstić information content (AvgIpc) is 3.12. The summed E-state index contributed by atoms with van der Waals surface area (Å²) in [5, 5.41) is 9.98. The van der Waals surface area contributed by atoms with Crippen LogP contribution in [0.15, 0.2) is 22.4 Å². The highest BCUT2D eigenvalue weighted by atomic mass is 32.1. The van der Waals surface area contributed by atoms with Crippen molar-refractivity contribution in [1.29, 1.82) is 0 Å². The number of rotatable bonds is 7. The zero-order chi connectivity index (χ0) is 18.4. The second-order valence-corrected chi connectivity index (χ2v) is 6.94. The number of carbonyl (C=O) groups is 1. The van der Waals surface area contributed by atoms with Crippen LogP contribution in [0, 0.1) is 0 Å². The largest absolute Gasteiger partial charge is 0.378 e. The lowest BCUT2D eigenvalue weighted by molar-refractivity contribution is -0.121. The van der Waals surface area contributed by atoms with Gasteiger partial charge in [0, 0.05) is 37.5 Å². The van der Waals surface area contributed by atoms with Crippen molar-refractivity contribution >= 4 is 22.9 Å². The van der Waals surface area contributed by atoms with Gasteiger partial charge in [-0.05, 0) is 6.42 Å². The molecular weight excluding hydrogens is 354 g/mol. The molecule has 0 saturated carbocycles. The van der Waals surface area contributed by atoms with Crippen molar-refractivity contribution in [2.75, 3.05) is 37.7 Å². The maximum atomic E-state index is 12.2. The van der Waals surface area contributed by atoms with Gasteiger partial charge in [-0.3, -0.25) is 9.59 Å². The van der Waals surface area contributed by atoms with E-state index in [-0.39, 0.29) is 18.0 Å². The third-order valence-electron chi connectivity index (χ3n) is 4.15. The molecule has 0 aromatic carbocycles. The quantitative estimate of drug-likeness (QED) is 0.754. The second-order valence-electron chi connectivity index (χ2n) is 6.00. The number of morpholine rings is 1. The van der Waals surface area contributed by atoms with Crippen LogP contribution in [0.4, 0.5) is 5.69 Å². The van der Waals surface area contributed by atoms with E-state index >= 15 is 0 Å². The SMILES string of the molecule is CCc1csc(CCNC(=O)Cn2ncc(N3CCOCC3)cc2=O)n1. The van der Waals surface area contributed by atoms with Crippen LogP contribution in [0.1, 0.15) is 17.6 Å². The zero-order valence-corrected chi connectivity index (χ0v) is 15.6. The Hall–Kier alpha value is -2.26. The lowest BCUT2D eigenvalue weighted by Crippen LogP contribution is -2.38. The number of aryl methyl sites for hydroxylation is 1. The first-order valence-electron chi connectivity index (χ1n) is 8.75. The van der Waals surface area contributed by atoms with Crippen molar-refractivity contribution in [1.82, 2.24) is 20.1 Å². The molecule has 0 bridgehead atoms. The van der Waals surface area contributed by atoms with E-state index in [9.17, 15) is 9.59 Å². The highest BCUT2D eigenvalue weighted by Crippen LogP contribution is 2.11. The van der Waals surface area contributed by atoms with Crippen LogP contribution >= 0.6 is 11.3 Å². The van der Waals surface area contributed by atoms with Crippen molar-refractivity contribution in [2.24, 2.45) is 0 Å². The molecule has 1 saturated heterocycles. The van der Waals surface area contributed by atoms with Crippen LogP contribution in [-0.4, -0.2) is 53.5 Å². The molecule has 140 valence electrons. The van der Waals surface area contributed by atoms with E-state index in [0.29, 0.717) is 26.2 Å². The minimum atomic E-state index is -0.281. The number of carbonyl (C=O) groups excluding carboxylic acids is 1. The van der Waals surface area contributed by atoms with Crippen molar-refractivity contribution in [2.45, 2.75) is 26.3 Å². The van der Waals surface area contributed by atoms with E-state index in [1.54, 1.807) is 17.5 Å². The van der Waals surface area contributed by atoms with Gasteiger partial charge in [-0.1, -0.05) is 6.92 Å². The van der Waals surface area contributed by atoms with Gasteiger partial charge in [0.15, 0.2) is 0 Å². The van der Waals surface area contributed by atoms with Gasteiger partial charge in [-0.25, -0.2) is 9.67 Å². The van der Waals surface area contributed by atoms with Crippen molar-refractivity contribution < 1.29 is 9.53 Å². The van der Waals surface area contributed by atoms with E-state index in [1.807, 2.05) is 5.38 Å². The van der Waals surface area contributed by atoms with E-state index in [1.165, 1.54) is 10.7 Å². The first kappa shape index (κ1) is 18.5. The summed E-state index contributed by atoms with van der Waals surface area (Å²) in [6, 6.07) is 1.52. The molecule has 0 unspecified atom stereocenters. The number of nitrogens with one attached hydrogen (secondary N) is 1. The molecule has 1 fully saturated rings. The summed E-state index contributed by atoms with van der Waals surface area (Å²) >= 11 is 1.60. The molecule has 1 amide bonds. The Kier molecular flexibility index (Phi) is 6.35. The minimum absolute atomic E-state index is 0.0830. The maximum Gasteiger partial charge on any atom is 0.269 e. The summed E-state index contributed by atoms with van der Waals surface area (Å²) in [5.41, 5.74) is 1.56. The van der Waals surface area contributed by atoms with Gasteiger partial charge in [0.25, 0.3) is 5.56 Å². The summed E-state index contributed by atoms with van der Waals surface area (Å²) < 4.78 is 6.48. The zero-order valence-electron chi connectivity index (χ0n) is 14.8. The van der Waals surface area contributed by atoms with Crippen molar-refractivity contribution in [3.05, 3.63) is 38.7 Å². The Morgan fingerprint density at radius 1 is 1.38 bits per heavy atom. The molecule has 8 nitrogen and oxygen atoms in total. The molecule has 26 heavy (non-hydrogen) atoms. The van der Waals surface area contributed by atoms with Crippen LogP contribution in [0.2, 0.25) is 0 Å². The van der Waals surface area contributed by atoms with Crippen LogP contribution in [0.25, 0.3) is 0 Å². The minimum Gasteiger partial charge on any atom is -0.378 e. The van der Waals surface area contributed by atoms with Crippen LogP contribution in [-0.2, 0) is 28.9 Å². The van der Waals surface area contributed by atoms with Gasteiger partial charge < -0.3 is 15.0 Å². The molecule has 1 aliphatic heterocycles. The molecule has 3 rings (SSSR count). The topological polar surface area (TPSA) is 89.4 Å². The molecular formula is C17H23N5O3S. The Bertz CT molecular complexity index is 798. The van der Waals surface area contributed by atoms with Crippen LogP contribution in [0.5, 0.6) is 0 Å². The normalized spacial score (nSPS) is 14.4. The van der Waals surface area contributed by atoms with Gasteiger partial charge in [-0.15, -0.1) is 11.3 Å². The van der Waals surface area contributed by atoms with E-state index in [0.717, 1.165) is 35.9 Å². The molecule has 3 heterocycles. The summed E-state index contributed by atoms with van der Waals surface area (Å²) in [6.45, 7) is 5.24. The lowest BCUT2D eigenvalue weighted by Gasteiger charge is -2.28. The molecule has 2 aromatic rings. The molecule has 1 aliphatic rings. The Morgan fingerprint density at radius 3 is 2.88 bits per heavy atom. The number of anilines is 1. The summed E-state index contributed by atoms with van der Waals surface area (Å²) in [6.07, 6.45) is 3.23. The van der Waals surface area contributed by atoms with Gasteiger partial charge >= 0.3 is 0 Å². The van der Waals surface area contributed by atoms with E-state index < -0.39 is 0 Å². The fourth-order valence-corrected chi connectivity index (χ4v) is 3.55. The first-order valence-corrected chi connectivity index (χ1v) is 9.63. The summed E-state index contributed by atoms with van der Waals surface area (Å²) in [7, 11) is 0. The Balaban J connectivity index is 1.49. The molecule has 0 radical (unpaired) electrons. The first-order chi connectivity index (χ1) is 12.7. The summed E-state index contributed by atoms with van der Waals surface area (Å²) in [5.74, 6) is -0.231. The average molecular weight is 377 g/mol. The fraction of sp³-hybridized carbons (Fsp3) is 0.529. The van der Waals surface area contributed by atoms with Gasteiger partial charge in [0.05, 0.1) is 35.8 Å².